The number of carbonyl (C=O) groups is 2. The number of benzene rings is 2. The Morgan fingerprint density at radius 3 is 2.12 bits per heavy atom. The highest BCUT2D eigenvalue weighted by Crippen LogP contribution is 2.25. The molecule has 26 heavy (non-hydrogen) atoms. The molecule has 0 saturated heterocycles. The third-order valence-electron chi connectivity index (χ3n) is 4.50. The van der Waals surface area contributed by atoms with Crippen LogP contribution >= 0.6 is 0 Å². The van der Waals surface area contributed by atoms with Crippen LogP contribution < -0.4 is 15.4 Å². The van der Waals surface area contributed by atoms with E-state index < -0.39 is 5.97 Å². The zero-order chi connectivity index (χ0) is 18.4. The molecular weight excluding hydrogens is 332 g/mol. The number of nitrogens with one attached hydrogen (secondary N) is 2. The predicted octanol–water partition coefficient (Wildman–Crippen LogP) is 4.24. The third-order valence-corrected chi connectivity index (χ3v) is 4.50. The van der Waals surface area contributed by atoms with Gasteiger partial charge < -0.3 is 20.5 Å². The maximum atomic E-state index is 12.1. The Kier molecular flexibility index (Phi) is 5.73. The Hall–Kier alpha value is -3.02. The van der Waals surface area contributed by atoms with E-state index in [-0.39, 0.29) is 18.0 Å². The van der Waals surface area contributed by atoms with E-state index in [1.165, 1.54) is 0 Å². The van der Waals surface area contributed by atoms with Crippen molar-refractivity contribution < 1.29 is 19.4 Å². The van der Waals surface area contributed by atoms with Gasteiger partial charge in [0.25, 0.3) is 0 Å². The van der Waals surface area contributed by atoms with Crippen LogP contribution in [-0.2, 0) is 4.79 Å². The van der Waals surface area contributed by atoms with Crippen molar-refractivity contribution in [2.24, 2.45) is 5.92 Å². The number of para-hydroxylation sites is 1. The molecule has 2 aromatic rings. The van der Waals surface area contributed by atoms with Crippen LogP contribution in [0.25, 0.3) is 0 Å². The van der Waals surface area contributed by atoms with E-state index in [1.54, 1.807) is 24.3 Å². The fourth-order valence-electron chi connectivity index (χ4n) is 3.07. The zero-order valence-corrected chi connectivity index (χ0v) is 14.4. The average Bonchev–Trinajstić information content (AvgIpc) is 2.64. The summed E-state index contributed by atoms with van der Waals surface area (Å²) in [5, 5.41) is 14.7. The summed E-state index contributed by atoms with van der Waals surface area (Å²) in [4.78, 5) is 23.1. The molecule has 0 bridgehead atoms. The lowest BCUT2D eigenvalue weighted by atomic mass is 9.86. The molecule has 1 aliphatic rings. The molecule has 0 spiro atoms. The first-order valence-electron chi connectivity index (χ1n) is 8.73. The van der Waals surface area contributed by atoms with Gasteiger partial charge >= 0.3 is 12.0 Å². The normalized spacial score (nSPS) is 19.4. The van der Waals surface area contributed by atoms with Crippen molar-refractivity contribution in [1.82, 2.24) is 5.32 Å². The first-order valence-corrected chi connectivity index (χ1v) is 8.73. The van der Waals surface area contributed by atoms with Gasteiger partial charge in [0.2, 0.25) is 0 Å². The van der Waals surface area contributed by atoms with Crippen molar-refractivity contribution in [2.45, 2.75) is 31.7 Å². The van der Waals surface area contributed by atoms with Crippen LogP contribution in [0.1, 0.15) is 25.7 Å². The molecule has 0 heterocycles. The molecule has 0 aromatic heterocycles. The second kappa shape index (κ2) is 8.38. The summed E-state index contributed by atoms with van der Waals surface area (Å²) < 4.78 is 5.71. The third kappa shape index (κ3) is 4.99. The highest BCUT2D eigenvalue weighted by molar-refractivity contribution is 5.89. The molecule has 2 aromatic carbocycles. The first-order chi connectivity index (χ1) is 12.6. The van der Waals surface area contributed by atoms with Crippen molar-refractivity contribution in [3.05, 3.63) is 54.6 Å². The Bertz CT molecular complexity index is 738. The summed E-state index contributed by atoms with van der Waals surface area (Å²) in [5.41, 5.74) is 0.669. The Labute approximate surface area is 152 Å². The number of anilines is 1. The van der Waals surface area contributed by atoms with Crippen LogP contribution in [0.3, 0.4) is 0 Å². The van der Waals surface area contributed by atoms with Gasteiger partial charge in [0, 0.05) is 11.7 Å². The van der Waals surface area contributed by atoms with E-state index in [4.69, 9.17) is 9.84 Å². The van der Waals surface area contributed by atoms with Crippen LogP contribution in [0.2, 0.25) is 0 Å². The van der Waals surface area contributed by atoms with Crippen molar-refractivity contribution in [1.29, 1.82) is 0 Å². The summed E-state index contributed by atoms with van der Waals surface area (Å²) >= 11 is 0. The molecular formula is C20H22N2O4. The molecule has 1 fully saturated rings. The lowest BCUT2D eigenvalue weighted by molar-refractivity contribution is -0.142. The van der Waals surface area contributed by atoms with Gasteiger partial charge in [-0.1, -0.05) is 18.2 Å². The number of urea groups is 1. The summed E-state index contributed by atoms with van der Waals surface area (Å²) in [6.45, 7) is 0. The first kappa shape index (κ1) is 17.8. The van der Waals surface area contributed by atoms with Gasteiger partial charge in [-0.3, -0.25) is 4.79 Å². The molecule has 3 rings (SSSR count). The zero-order valence-electron chi connectivity index (χ0n) is 14.4. The Balaban J connectivity index is 1.46. The van der Waals surface area contributed by atoms with Gasteiger partial charge in [-0.25, -0.2) is 4.79 Å². The van der Waals surface area contributed by atoms with E-state index in [9.17, 15) is 9.59 Å². The summed E-state index contributed by atoms with van der Waals surface area (Å²) in [7, 11) is 0. The van der Waals surface area contributed by atoms with Crippen LogP contribution in [0.5, 0.6) is 11.5 Å². The van der Waals surface area contributed by atoms with Crippen molar-refractivity contribution in [2.75, 3.05) is 5.32 Å². The minimum atomic E-state index is -0.745. The fourth-order valence-corrected chi connectivity index (χ4v) is 3.07. The van der Waals surface area contributed by atoms with E-state index >= 15 is 0 Å². The molecule has 0 radical (unpaired) electrons. The SMILES string of the molecule is O=C(Nc1ccc(Oc2ccccc2)cc1)NC1CCC(C(=O)O)CC1. The lowest BCUT2D eigenvalue weighted by Gasteiger charge is -2.26. The van der Waals surface area contributed by atoms with Crippen molar-refractivity contribution in [3.8, 4) is 11.5 Å². The number of ether oxygens (including phenoxy) is 1. The highest BCUT2D eigenvalue weighted by atomic mass is 16.5. The fraction of sp³-hybridized carbons (Fsp3) is 0.300. The molecule has 6 nitrogen and oxygen atoms in total. The Morgan fingerprint density at radius 2 is 1.50 bits per heavy atom. The van der Waals surface area contributed by atoms with Gasteiger partial charge in [0.05, 0.1) is 5.92 Å². The van der Waals surface area contributed by atoms with Crippen LogP contribution in [-0.4, -0.2) is 23.1 Å². The Morgan fingerprint density at radius 1 is 0.885 bits per heavy atom. The molecule has 1 aliphatic carbocycles. The van der Waals surface area contributed by atoms with Crippen LogP contribution in [0.15, 0.2) is 54.6 Å². The molecule has 0 atom stereocenters. The standard InChI is InChI=1S/C20H22N2O4/c23-19(24)14-6-8-15(9-7-14)21-20(25)22-16-10-12-18(13-11-16)26-17-4-2-1-3-5-17/h1-5,10-15H,6-9H2,(H,23,24)(H2,21,22,25). The van der Waals surface area contributed by atoms with Gasteiger partial charge in [-0.15, -0.1) is 0 Å². The second-order valence-corrected chi connectivity index (χ2v) is 6.42. The van der Waals surface area contributed by atoms with Gasteiger partial charge in [0.1, 0.15) is 11.5 Å². The molecule has 0 aliphatic heterocycles. The minimum absolute atomic E-state index is 0.0197. The summed E-state index contributed by atoms with van der Waals surface area (Å²) in [6, 6.07) is 16.4. The number of rotatable bonds is 5. The van der Waals surface area contributed by atoms with Crippen LogP contribution in [0, 0.1) is 5.92 Å². The second-order valence-electron chi connectivity index (χ2n) is 6.42. The lowest BCUT2D eigenvalue weighted by Crippen LogP contribution is -2.40. The summed E-state index contributed by atoms with van der Waals surface area (Å²) in [6.07, 6.45) is 2.58. The van der Waals surface area contributed by atoms with Crippen molar-refractivity contribution >= 4 is 17.7 Å². The minimum Gasteiger partial charge on any atom is -0.481 e. The highest BCUT2D eigenvalue weighted by Gasteiger charge is 2.26. The van der Waals surface area contributed by atoms with Gasteiger partial charge in [-0.05, 0) is 62.1 Å². The van der Waals surface area contributed by atoms with Crippen molar-refractivity contribution in [3.63, 3.8) is 0 Å². The number of aliphatic carboxylic acids is 1. The quantitative estimate of drug-likeness (QED) is 0.749. The topological polar surface area (TPSA) is 87.7 Å². The molecule has 6 heteroatoms. The number of amides is 2. The maximum Gasteiger partial charge on any atom is 0.319 e. The number of hydrogen-bond donors (Lipinski definition) is 3. The van der Waals surface area contributed by atoms with E-state index in [0.29, 0.717) is 37.1 Å². The van der Waals surface area contributed by atoms with E-state index in [0.717, 1.165) is 5.75 Å². The monoisotopic (exact) mass is 354 g/mol. The van der Waals surface area contributed by atoms with Gasteiger partial charge in [0.15, 0.2) is 0 Å². The molecule has 2 amide bonds. The van der Waals surface area contributed by atoms with Crippen LogP contribution in [0.4, 0.5) is 10.5 Å². The number of carboxylic acid groups (broad SMARTS) is 1. The van der Waals surface area contributed by atoms with Gasteiger partial charge in [-0.2, -0.15) is 0 Å². The summed E-state index contributed by atoms with van der Waals surface area (Å²) in [5.74, 6) is 0.413. The molecule has 3 N–H and O–H groups in total. The predicted molar refractivity (Wildman–Crippen MR) is 98.5 cm³/mol. The largest absolute Gasteiger partial charge is 0.481 e. The molecule has 1 saturated carbocycles. The smallest absolute Gasteiger partial charge is 0.319 e. The molecule has 0 unspecified atom stereocenters. The number of carbonyl (C=O) groups excluding carboxylic acids is 1. The number of carboxylic acids is 1. The van der Waals surface area contributed by atoms with E-state index in [2.05, 4.69) is 10.6 Å². The van der Waals surface area contributed by atoms with E-state index in [1.807, 2.05) is 30.3 Å². The molecule has 136 valence electrons. The average molecular weight is 354 g/mol. The number of hydrogen-bond acceptors (Lipinski definition) is 3. The maximum absolute atomic E-state index is 12.1.